The number of fused-ring (bicyclic) bond motifs is 3. The first-order valence-corrected chi connectivity index (χ1v) is 10.5. The van der Waals surface area contributed by atoms with Crippen molar-refractivity contribution in [2.75, 3.05) is 0 Å². The molecule has 4 aromatic rings. The molecule has 3 aromatic heterocycles. The summed E-state index contributed by atoms with van der Waals surface area (Å²) in [6.07, 6.45) is 7.10. The Labute approximate surface area is 169 Å². The summed E-state index contributed by atoms with van der Waals surface area (Å²) in [6.45, 7) is 0.201. The van der Waals surface area contributed by atoms with Crippen LogP contribution in [0.2, 0.25) is 5.02 Å². The van der Waals surface area contributed by atoms with Crippen LogP contribution in [0.4, 0.5) is 0 Å². The van der Waals surface area contributed by atoms with E-state index in [1.165, 1.54) is 23.3 Å². The predicted molar refractivity (Wildman–Crippen MR) is 109 cm³/mol. The Morgan fingerprint density at radius 3 is 2.82 bits per heavy atom. The average Bonchev–Trinajstić information content (AvgIpc) is 3.23. The zero-order chi connectivity index (χ0) is 19.1. The molecular weight excluding hydrogens is 396 g/mol. The van der Waals surface area contributed by atoms with Gasteiger partial charge in [0.15, 0.2) is 0 Å². The molecule has 5 rings (SSSR count). The van der Waals surface area contributed by atoms with E-state index in [9.17, 15) is 4.79 Å². The Balaban J connectivity index is 1.49. The number of benzene rings is 1. The van der Waals surface area contributed by atoms with E-state index in [1.54, 1.807) is 34.4 Å². The van der Waals surface area contributed by atoms with Crippen molar-refractivity contribution in [1.82, 2.24) is 19.7 Å². The number of aromatic nitrogens is 4. The Bertz CT molecular complexity index is 1210. The lowest BCUT2D eigenvalue weighted by Crippen LogP contribution is -2.21. The lowest BCUT2D eigenvalue weighted by molar-refractivity contribution is 0.369. The molecule has 1 aliphatic rings. The van der Waals surface area contributed by atoms with Crippen LogP contribution in [-0.2, 0) is 19.4 Å². The molecule has 0 saturated carbocycles. The number of thiophene rings is 1. The summed E-state index contributed by atoms with van der Waals surface area (Å²) in [5, 5.41) is 5.43. The molecule has 28 heavy (non-hydrogen) atoms. The summed E-state index contributed by atoms with van der Waals surface area (Å²) < 4.78 is 6.91. The van der Waals surface area contributed by atoms with Crippen LogP contribution in [0.3, 0.4) is 0 Å². The Kier molecular flexibility index (Phi) is 4.49. The third-order valence-electron chi connectivity index (χ3n) is 5.07. The number of rotatable bonds is 3. The van der Waals surface area contributed by atoms with Crippen molar-refractivity contribution in [3.8, 4) is 11.4 Å². The third kappa shape index (κ3) is 3.14. The molecule has 3 heterocycles. The van der Waals surface area contributed by atoms with Crippen LogP contribution in [0.5, 0.6) is 0 Å². The van der Waals surface area contributed by atoms with Crippen molar-refractivity contribution in [1.29, 1.82) is 0 Å². The van der Waals surface area contributed by atoms with Gasteiger partial charge in [-0.15, -0.1) is 11.3 Å². The summed E-state index contributed by atoms with van der Waals surface area (Å²) in [7, 11) is 0. The lowest BCUT2D eigenvalue weighted by atomic mass is 10.1. The molecule has 0 atom stereocenters. The largest absolute Gasteiger partial charge is 0.337 e. The molecule has 0 saturated heterocycles. The molecule has 142 valence electrons. The minimum absolute atomic E-state index is 0.0318. The molecule has 0 N–H and O–H groups in total. The molecule has 0 unspecified atom stereocenters. The molecule has 1 aliphatic carbocycles. The first-order chi connectivity index (χ1) is 13.7. The molecular formula is C20H17ClN4O2S. The second-order valence-corrected chi connectivity index (χ2v) is 8.46. The highest BCUT2D eigenvalue weighted by Crippen LogP contribution is 2.32. The normalized spacial score (nSPS) is 14.2. The molecule has 0 radical (unpaired) electrons. The first-order valence-electron chi connectivity index (χ1n) is 9.27. The fourth-order valence-corrected chi connectivity index (χ4v) is 5.00. The smallest absolute Gasteiger partial charge is 0.262 e. The summed E-state index contributed by atoms with van der Waals surface area (Å²) in [4.78, 5) is 24.2. The van der Waals surface area contributed by atoms with Crippen molar-refractivity contribution >= 4 is 33.2 Å². The Morgan fingerprint density at radius 2 is 1.96 bits per heavy atom. The monoisotopic (exact) mass is 412 g/mol. The number of hydrogen-bond acceptors (Lipinski definition) is 6. The van der Waals surface area contributed by atoms with Gasteiger partial charge in [0.25, 0.3) is 5.56 Å². The lowest BCUT2D eigenvalue weighted by Gasteiger charge is -2.03. The number of halogens is 1. The highest BCUT2D eigenvalue weighted by Gasteiger charge is 2.20. The van der Waals surface area contributed by atoms with Crippen molar-refractivity contribution in [2.45, 2.75) is 38.6 Å². The summed E-state index contributed by atoms with van der Waals surface area (Å²) in [6, 6.07) is 7.21. The van der Waals surface area contributed by atoms with Crippen LogP contribution >= 0.6 is 22.9 Å². The zero-order valence-electron chi connectivity index (χ0n) is 15.0. The molecule has 0 amide bonds. The predicted octanol–water partition coefficient (Wildman–Crippen LogP) is 4.48. The maximum atomic E-state index is 13.1. The van der Waals surface area contributed by atoms with Crippen LogP contribution < -0.4 is 5.56 Å². The van der Waals surface area contributed by atoms with Gasteiger partial charge in [-0.3, -0.25) is 9.36 Å². The fraction of sp³-hybridized carbons (Fsp3) is 0.300. The third-order valence-corrected chi connectivity index (χ3v) is 6.52. The van der Waals surface area contributed by atoms with Crippen molar-refractivity contribution in [2.24, 2.45) is 0 Å². The SMILES string of the molecule is O=c1c2c3c(sc2ncn1Cc1nc(-c2ccc(Cl)cc2)no1)CCCCC3. The standard InChI is InChI=1S/C20H17ClN4O2S/c21-13-8-6-12(7-9-13)18-23-16(27-24-18)10-25-11-22-19-17(20(25)26)14-4-2-1-3-5-15(14)28-19/h6-9,11H,1-5,10H2. The molecule has 0 spiro atoms. The second kappa shape index (κ2) is 7.14. The van der Waals surface area contributed by atoms with E-state index >= 15 is 0 Å². The van der Waals surface area contributed by atoms with E-state index in [4.69, 9.17) is 16.1 Å². The minimum Gasteiger partial charge on any atom is -0.337 e. The topological polar surface area (TPSA) is 73.8 Å². The maximum absolute atomic E-state index is 13.1. The Hall–Kier alpha value is -2.51. The zero-order valence-corrected chi connectivity index (χ0v) is 16.6. The van der Waals surface area contributed by atoms with Gasteiger partial charge in [0.2, 0.25) is 11.7 Å². The van der Waals surface area contributed by atoms with E-state index in [0.717, 1.165) is 35.0 Å². The van der Waals surface area contributed by atoms with Gasteiger partial charge in [0, 0.05) is 15.5 Å². The van der Waals surface area contributed by atoms with E-state index < -0.39 is 0 Å². The first kappa shape index (κ1) is 17.6. The van der Waals surface area contributed by atoms with Gasteiger partial charge in [-0.1, -0.05) is 23.2 Å². The maximum Gasteiger partial charge on any atom is 0.262 e. The molecule has 1 aromatic carbocycles. The molecule has 0 aliphatic heterocycles. The van der Waals surface area contributed by atoms with Gasteiger partial charge < -0.3 is 4.52 Å². The van der Waals surface area contributed by atoms with Crippen LogP contribution in [0, 0.1) is 0 Å². The summed E-state index contributed by atoms with van der Waals surface area (Å²) in [5.74, 6) is 0.840. The van der Waals surface area contributed by atoms with Crippen LogP contribution in [-0.4, -0.2) is 19.7 Å². The molecule has 8 heteroatoms. The van der Waals surface area contributed by atoms with Gasteiger partial charge in [0.05, 0.1) is 11.7 Å². The highest BCUT2D eigenvalue weighted by molar-refractivity contribution is 7.18. The summed E-state index contributed by atoms with van der Waals surface area (Å²) >= 11 is 7.58. The minimum atomic E-state index is -0.0318. The molecule has 6 nitrogen and oxygen atoms in total. The fourth-order valence-electron chi connectivity index (χ4n) is 3.65. The quantitative estimate of drug-likeness (QED) is 0.464. The second-order valence-electron chi connectivity index (χ2n) is 6.94. The Morgan fingerprint density at radius 1 is 1.14 bits per heavy atom. The van der Waals surface area contributed by atoms with Crippen molar-refractivity contribution in [3.05, 3.63) is 62.3 Å². The molecule has 0 fully saturated rings. The van der Waals surface area contributed by atoms with Gasteiger partial charge in [-0.05, 0) is 55.5 Å². The van der Waals surface area contributed by atoms with Gasteiger partial charge in [-0.2, -0.15) is 4.98 Å². The highest BCUT2D eigenvalue weighted by atomic mass is 35.5. The van der Waals surface area contributed by atoms with Gasteiger partial charge in [0.1, 0.15) is 11.4 Å². The van der Waals surface area contributed by atoms with E-state index in [0.29, 0.717) is 16.7 Å². The number of nitrogens with zero attached hydrogens (tertiary/aromatic N) is 4. The van der Waals surface area contributed by atoms with Crippen LogP contribution in [0.1, 0.15) is 35.6 Å². The number of hydrogen-bond donors (Lipinski definition) is 0. The van der Waals surface area contributed by atoms with Crippen molar-refractivity contribution in [3.63, 3.8) is 0 Å². The summed E-state index contributed by atoms with van der Waals surface area (Å²) in [5.41, 5.74) is 1.97. The van der Waals surface area contributed by atoms with E-state index in [-0.39, 0.29) is 12.1 Å². The van der Waals surface area contributed by atoms with Crippen molar-refractivity contribution < 1.29 is 4.52 Å². The van der Waals surface area contributed by atoms with Gasteiger partial charge >= 0.3 is 0 Å². The number of aryl methyl sites for hydroxylation is 2. The van der Waals surface area contributed by atoms with Gasteiger partial charge in [-0.25, -0.2) is 4.98 Å². The molecule has 0 bridgehead atoms. The van der Waals surface area contributed by atoms with E-state index in [1.807, 2.05) is 12.1 Å². The van der Waals surface area contributed by atoms with Crippen LogP contribution in [0.15, 0.2) is 39.9 Å². The van der Waals surface area contributed by atoms with E-state index in [2.05, 4.69) is 15.1 Å². The van der Waals surface area contributed by atoms with Crippen LogP contribution in [0.25, 0.3) is 21.6 Å². The average molecular weight is 413 g/mol.